The topological polar surface area (TPSA) is 58.6 Å². The van der Waals surface area contributed by atoms with Crippen LogP contribution in [0.3, 0.4) is 0 Å². The van der Waals surface area contributed by atoms with Crippen LogP contribution in [0.25, 0.3) is 0 Å². The van der Waals surface area contributed by atoms with E-state index in [1.54, 1.807) is 14.1 Å². The van der Waals surface area contributed by atoms with Crippen molar-refractivity contribution in [3.05, 3.63) is 0 Å². The van der Waals surface area contributed by atoms with E-state index in [4.69, 9.17) is 5.11 Å². The molecule has 0 aliphatic heterocycles. The molecule has 0 aliphatic carbocycles. The number of aliphatic hydroxyl groups is 1. The van der Waals surface area contributed by atoms with Crippen LogP contribution in [0.4, 0.5) is 43.9 Å². The maximum atomic E-state index is 13.1. The normalized spacial score (nSPS) is 15.3. The van der Waals surface area contributed by atoms with Crippen molar-refractivity contribution in [3.63, 3.8) is 0 Å². The van der Waals surface area contributed by atoms with Crippen molar-refractivity contribution in [1.29, 1.82) is 0 Å². The number of quaternary nitrogens is 1. The van der Waals surface area contributed by atoms with Gasteiger partial charge in [0.15, 0.2) is 0 Å². The minimum absolute atomic E-state index is 0.0177. The summed E-state index contributed by atoms with van der Waals surface area (Å²) >= 11 is 0. The summed E-state index contributed by atoms with van der Waals surface area (Å²) in [6, 6.07) is 0. The van der Waals surface area contributed by atoms with Gasteiger partial charge in [-0.25, -0.2) is 0 Å². The fourth-order valence-electron chi connectivity index (χ4n) is 2.08. The van der Waals surface area contributed by atoms with Gasteiger partial charge >= 0.3 is 24.4 Å². The van der Waals surface area contributed by atoms with Gasteiger partial charge in [0.25, 0.3) is 5.91 Å². The first-order valence-electron chi connectivity index (χ1n) is 8.06. The predicted molar refractivity (Wildman–Crippen MR) is 78.0 cm³/mol. The second kappa shape index (κ2) is 9.64. The van der Waals surface area contributed by atoms with Crippen LogP contribution in [0.15, 0.2) is 0 Å². The van der Waals surface area contributed by atoms with Gasteiger partial charge in [0.1, 0.15) is 0 Å². The summed E-state index contributed by atoms with van der Waals surface area (Å²) in [7, 11) is 3.39. The molecule has 0 rings (SSSR count). The molecule has 0 spiro atoms. The smallest absolute Gasteiger partial charge is 0.396 e. The van der Waals surface area contributed by atoms with Gasteiger partial charge in [-0.1, -0.05) is 0 Å². The Labute approximate surface area is 159 Å². The molecule has 0 radical (unpaired) electrons. The number of amides is 1. The van der Waals surface area contributed by atoms with Crippen LogP contribution in [-0.4, -0.2) is 86.3 Å². The van der Waals surface area contributed by atoms with Crippen molar-refractivity contribution in [1.82, 2.24) is 5.32 Å². The Hall–Kier alpha value is -1.35. The van der Waals surface area contributed by atoms with Crippen molar-refractivity contribution >= 4 is 5.91 Å². The van der Waals surface area contributed by atoms with Gasteiger partial charge < -0.3 is 14.9 Å². The average molecular weight is 455 g/mol. The molecular formula is C14H21F10N2O3+. The lowest BCUT2D eigenvalue weighted by molar-refractivity contribution is -0.890. The number of hydrogen-bond acceptors (Lipinski definition) is 3. The summed E-state index contributed by atoms with van der Waals surface area (Å²) in [5, 5.41) is 10.3. The second-order valence-electron chi connectivity index (χ2n) is 6.73. The number of nitrogens with one attached hydrogen (secondary N) is 1. The molecule has 1 unspecified atom stereocenters. The molecule has 0 aromatic heterocycles. The van der Waals surface area contributed by atoms with E-state index in [0.29, 0.717) is 13.0 Å². The zero-order valence-corrected chi connectivity index (χ0v) is 15.3. The molecule has 0 saturated carbocycles. The first kappa shape index (κ1) is 27.6. The minimum atomic E-state index is -6.96. The Bertz CT molecular complexity index is 535. The van der Waals surface area contributed by atoms with Crippen molar-refractivity contribution in [2.75, 3.05) is 40.3 Å². The SMILES string of the molecule is C[N+](C)(CCCO)CCCNC(=O)C(OC(F)(F)C(F)(F)C(F)(F)F)C(F)(F)F. The molecule has 2 N–H and O–H groups in total. The second-order valence-corrected chi connectivity index (χ2v) is 6.73. The average Bonchev–Trinajstić information content (AvgIpc) is 2.52. The summed E-state index contributed by atoms with van der Waals surface area (Å²) in [6.45, 7) is 0.105. The van der Waals surface area contributed by atoms with E-state index < -0.39 is 42.9 Å². The van der Waals surface area contributed by atoms with Gasteiger partial charge in [-0.15, -0.1) is 0 Å². The van der Waals surface area contributed by atoms with Crippen LogP contribution >= 0.6 is 0 Å². The molecule has 0 heterocycles. The lowest BCUT2D eigenvalue weighted by Crippen LogP contribution is -2.58. The Kier molecular flexibility index (Phi) is 9.19. The van der Waals surface area contributed by atoms with E-state index in [-0.39, 0.29) is 24.1 Å². The van der Waals surface area contributed by atoms with Gasteiger partial charge in [-0.05, 0) is 0 Å². The van der Waals surface area contributed by atoms with Crippen LogP contribution in [0.1, 0.15) is 12.8 Å². The quantitative estimate of drug-likeness (QED) is 0.286. The van der Waals surface area contributed by atoms with Crippen molar-refractivity contribution in [2.45, 2.75) is 43.3 Å². The molecule has 0 aromatic carbocycles. The predicted octanol–water partition coefficient (Wildman–Crippen LogP) is 2.69. The summed E-state index contributed by atoms with van der Waals surface area (Å²) < 4.78 is 129. The van der Waals surface area contributed by atoms with Crippen molar-refractivity contribution < 1.29 is 63.0 Å². The van der Waals surface area contributed by atoms with E-state index in [9.17, 15) is 48.7 Å². The first-order chi connectivity index (χ1) is 12.8. The fourth-order valence-corrected chi connectivity index (χ4v) is 2.08. The summed E-state index contributed by atoms with van der Waals surface area (Å²) in [5.41, 5.74) is 0. The maximum Gasteiger partial charge on any atom is 0.462 e. The number of hydrogen-bond donors (Lipinski definition) is 2. The van der Waals surface area contributed by atoms with Gasteiger partial charge in [0.05, 0.1) is 27.2 Å². The van der Waals surface area contributed by atoms with Crippen LogP contribution in [0.5, 0.6) is 0 Å². The molecular weight excluding hydrogens is 434 g/mol. The largest absolute Gasteiger partial charge is 0.462 e. The Balaban J connectivity index is 5.07. The van der Waals surface area contributed by atoms with Crippen LogP contribution in [0.2, 0.25) is 0 Å². The Morgan fingerprint density at radius 1 is 0.966 bits per heavy atom. The highest BCUT2D eigenvalue weighted by molar-refractivity contribution is 5.81. The molecule has 0 saturated heterocycles. The summed E-state index contributed by atoms with van der Waals surface area (Å²) in [5.74, 6) is -9.30. The number of carbonyl (C=O) groups excluding carboxylic acids is 1. The van der Waals surface area contributed by atoms with E-state index in [1.807, 2.05) is 0 Å². The van der Waals surface area contributed by atoms with Crippen molar-refractivity contribution in [2.24, 2.45) is 0 Å². The third-order valence-corrected chi connectivity index (χ3v) is 3.68. The Morgan fingerprint density at radius 2 is 1.45 bits per heavy atom. The third-order valence-electron chi connectivity index (χ3n) is 3.68. The molecule has 0 aliphatic rings. The summed E-state index contributed by atoms with van der Waals surface area (Å²) in [6.07, 6.45) is -23.4. The fraction of sp³-hybridized carbons (Fsp3) is 0.929. The molecule has 1 amide bonds. The highest BCUT2D eigenvalue weighted by Crippen LogP contribution is 2.48. The lowest BCUT2D eigenvalue weighted by atomic mass is 10.2. The minimum Gasteiger partial charge on any atom is -0.396 e. The number of halogens is 10. The van der Waals surface area contributed by atoms with E-state index >= 15 is 0 Å². The standard InChI is InChI=1S/C14H20F10N2O3/c1-26(2,7-4-8-27)6-3-5-25-10(28)9(11(15,16)17)29-14(23,24)12(18,19)13(20,21)22/h9,27H,3-8H2,1-2H3/p+1. The van der Waals surface area contributed by atoms with E-state index in [0.717, 1.165) is 0 Å². The molecule has 174 valence electrons. The highest BCUT2D eigenvalue weighted by atomic mass is 19.4. The zero-order valence-electron chi connectivity index (χ0n) is 15.3. The van der Waals surface area contributed by atoms with Crippen LogP contribution < -0.4 is 5.32 Å². The number of ether oxygens (including phenoxy) is 1. The van der Waals surface area contributed by atoms with Crippen molar-refractivity contribution in [3.8, 4) is 0 Å². The number of nitrogens with zero attached hydrogens (tertiary/aromatic N) is 1. The van der Waals surface area contributed by atoms with Gasteiger partial charge in [0.2, 0.25) is 6.10 Å². The summed E-state index contributed by atoms with van der Waals surface area (Å²) in [4.78, 5) is 11.5. The highest BCUT2D eigenvalue weighted by Gasteiger charge is 2.76. The maximum absolute atomic E-state index is 13.1. The monoisotopic (exact) mass is 455 g/mol. The zero-order chi connectivity index (χ0) is 23.3. The first-order valence-corrected chi connectivity index (χ1v) is 8.06. The lowest BCUT2D eigenvalue weighted by Gasteiger charge is -2.31. The molecule has 1 atom stereocenters. The molecule has 0 bridgehead atoms. The number of aliphatic hydroxyl groups excluding tert-OH is 1. The molecule has 0 fully saturated rings. The number of carbonyl (C=O) groups is 1. The van der Waals surface area contributed by atoms with E-state index in [2.05, 4.69) is 4.74 Å². The van der Waals surface area contributed by atoms with Crippen LogP contribution in [0, 0.1) is 0 Å². The van der Waals surface area contributed by atoms with Gasteiger partial charge in [-0.3, -0.25) is 9.53 Å². The molecule has 15 heteroatoms. The van der Waals surface area contributed by atoms with E-state index in [1.165, 1.54) is 5.32 Å². The third kappa shape index (κ3) is 8.12. The number of rotatable bonds is 11. The van der Waals surface area contributed by atoms with Gasteiger partial charge in [0, 0.05) is 26.0 Å². The molecule has 29 heavy (non-hydrogen) atoms. The molecule has 5 nitrogen and oxygen atoms in total. The molecule has 0 aromatic rings. The number of alkyl halides is 10. The van der Waals surface area contributed by atoms with Gasteiger partial charge in [-0.2, -0.15) is 43.9 Å². The Morgan fingerprint density at radius 3 is 1.86 bits per heavy atom. The van der Waals surface area contributed by atoms with Crippen LogP contribution in [-0.2, 0) is 9.53 Å².